The topological polar surface area (TPSA) is 0 Å². The van der Waals surface area contributed by atoms with E-state index in [1.54, 1.807) is 5.57 Å². The van der Waals surface area contributed by atoms with Crippen molar-refractivity contribution in [3.63, 3.8) is 0 Å². The van der Waals surface area contributed by atoms with Crippen LogP contribution in [0.15, 0.2) is 12.2 Å². The van der Waals surface area contributed by atoms with Gasteiger partial charge in [0.15, 0.2) is 0 Å². The molecule has 0 nitrogen and oxygen atoms in total. The summed E-state index contributed by atoms with van der Waals surface area (Å²) < 4.78 is 0. The molecular weight excluding hydrogens is 252 g/mol. The Morgan fingerprint density at radius 3 is 2.57 bits per heavy atom. The van der Waals surface area contributed by atoms with E-state index in [1.807, 2.05) is 0 Å². The lowest BCUT2D eigenvalue weighted by Crippen LogP contribution is -2.55. The van der Waals surface area contributed by atoms with E-state index in [0.717, 1.165) is 35.5 Å². The van der Waals surface area contributed by atoms with Gasteiger partial charge in [-0.2, -0.15) is 0 Å². The Bertz CT molecular complexity index is 463. The lowest BCUT2D eigenvalue weighted by atomic mass is 9.41. The molecule has 0 saturated heterocycles. The molecule has 4 aliphatic rings. The molecule has 0 aromatic heterocycles. The molecule has 4 fully saturated rings. The number of rotatable bonds is 0. The van der Waals surface area contributed by atoms with E-state index < -0.39 is 0 Å². The molecule has 118 valence electrons. The first-order valence-corrected chi connectivity index (χ1v) is 9.57. The van der Waals surface area contributed by atoms with E-state index in [4.69, 9.17) is 0 Å². The van der Waals surface area contributed by atoms with E-state index in [0.29, 0.717) is 10.8 Å². The van der Waals surface area contributed by atoms with E-state index >= 15 is 0 Å². The average Bonchev–Trinajstić information content (AvgIpc) is 2.59. The van der Waals surface area contributed by atoms with Gasteiger partial charge in [0.05, 0.1) is 0 Å². The smallest absolute Gasteiger partial charge is 0.0172 e. The minimum Gasteiger partial charge on any atom is -0.0993 e. The molecule has 4 saturated carbocycles. The molecule has 0 aromatic carbocycles. The molecule has 1 spiro atoms. The van der Waals surface area contributed by atoms with Crippen molar-refractivity contribution < 1.29 is 0 Å². The maximum atomic E-state index is 4.52. The summed E-state index contributed by atoms with van der Waals surface area (Å²) in [6.07, 6.45) is 10.4. The Balaban J connectivity index is 1.76. The SMILES string of the molecule is C=C1C2CCC3C4(C)CC(C)C[C@@H](C)C4CCC3(C2)[C@H]1C. The van der Waals surface area contributed by atoms with Gasteiger partial charge in [-0.05, 0) is 91.3 Å². The van der Waals surface area contributed by atoms with Crippen LogP contribution in [0.25, 0.3) is 0 Å². The van der Waals surface area contributed by atoms with Crippen LogP contribution in [0, 0.1) is 46.3 Å². The second kappa shape index (κ2) is 4.39. The predicted octanol–water partition coefficient (Wildman–Crippen LogP) is 6.08. The molecule has 4 aliphatic carbocycles. The maximum Gasteiger partial charge on any atom is -0.0172 e. The Labute approximate surface area is 131 Å². The van der Waals surface area contributed by atoms with Crippen molar-refractivity contribution in [2.45, 2.75) is 72.6 Å². The summed E-state index contributed by atoms with van der Waals surface area (Å²) in [5, 5.41) is 0. The summed E-state index contributed by atoms with van der Waals surface area (Å²) in [6, 6.07) is 0. The zero-order valence-corrected chi connectivity index (χ0v) is 14.6. The van der Waals surface area contributed by atoms with Gasteiger partial charge < -0.3 is 0 Å². The van der Waals surface area contributed by atoms with Crippen molar-refractivity contribution in [1.82, 2.24) is 0 Å². The second-order valence-electron chi connectivity index (χ2n) is 9.73. The minimum absolute atomic E-state index is 0.624. The summed E-state index contributed by atoms with van der Waals surface area (Å²) in [6.45, 7) is 14.8. The number of hydrogen-bond donors (Lipinski definition) is 0. The van der Waals surface area contributed by atoms with E-state index in [1.165, 1.54) is 44.9 Å². The van der Waals surface area contributed by atoms with Gasteiger partial charge in [0.1, 0.15) is 0 Å². The molecule has 0 radical (unpaired) electrons. The third-order valence-corrected chi connectivity index (χ3v) is 8.88. The predicted molar refractivity (Wildman–Crippen MR) is 90.0 cm³/mol. The first-order chi connectivity index (χ1) is 9.88. The Morgan fingerprint density at radius 1 is 1.05 bits per heavy atom. The number of fused-ring (bicyclic) bond motifs is 3. The van der Waals surface area contributed by atoms with E-state index in [2.05, 4.69) is 34.3 Å². The molecule has 0 aromatic rings. The average molecular weight is 287 g/mol. The summed E-state index contributed by atoms with van der Waals surface area (Å²) in [5.74, 6) is 5.54. The molecule has 6 unspecified atom stereocenters. The van der Waals surface area contributed by atoms with Gasteiger partial charge in [0, 0.05) is 0 Å². The summed E-state index contributed by atoms with van der Waals surface area (Å²) >= 11 is 0. The Hall–Kier alpha value is -0.260. The monoisotopic (exact) mass is 286 g/mol. The summed E-state index contributed by atoms with van der Waals surface area (Å²) in [5.41, 5.74) is 2.89. The molecule has 21 heavy (non-hydrogen) atoms. The first-order valence-electron chi connectivity index (χ1n) is 9.57. The lowest BCUT2D eigenvalue weighted by molar-refractivity contribution is -0.142. The summed E-state index contributed by atoms with van der Waals surface area (Å²) in [7, 11) is 0. The van der Waals surface area contributed by atoms with Gasteiger partial charge in [-0.25, -0.2) is 0 Å². The number of allylic oxidation sites excluding steroid dienone is 1. The van der Waals surface area contributed by atoms with Crippen molar-refractivity contribution in [3.8, 4) is 0 Å². The normalized spacial score (nSPS) is 59.5. The molecule has 0 aliphatic heterocycles. The van der Waals surface area contributed by atoms with Crippen LogP contribution in [-0.4, -0.2) is 0 Å². The van der Waals surface area contributed by atoms with Gasteiger partial charge in [0.25, 0.3) is 0 Å². The van der Waals surface area contributed by atoms with Crippen LogP contribution in [0.1, 0.15) is 72.6 Å². The molecule has 2 bridgehead atoms. The maximum absolute atomic E-state index is 4.52. The first kappa shape index (κ1) is 14.3. The van der Waals surface area contributed by atoms with Gasteiger partial charge >= 0.3 is 0 Å². The van der Waals surface area contributed by atoms with E-state index in [-0.39, 0.29) is 0 Å². The minimum atomic E-state index is 0.624. The van der Waals surface area contributed by atoms with Gasteiger partial charge in [-0.3, -0.25) is 0 Å². The van der Waals surface area contributed by atoms with Crippen LogP contribution in [0.3, 0.4) is 0 Å². The highest BCUT2D eigenvalue weighted by Crippen LogP contribution is 2.72. The Morgan fingerprint density at radius 2 is 1.81 bits per heavy atom. The molecular formula is C21H34. The Kier molecular flexibility index (Phi) is 3.00. The van der Waals surface area contributed by atoms with Crippen molar-refractivity contribution in [2.24, 2.45) is 46.3 Å². The number of hydrogen-bond acceptors (Lipinski definition) is 0. The largest absolute Gasteiger partial charge is 0.0993 e. The van der Waals surface area contributed by atoms with Crippen molar-refractivity contribution in [3.05, 3.63) is 12.2 Å². The van der Waals surface area contributed by atoms with Gasteiger partial charge in [0.2, 0.25) is 0 Å². The zero-order chi connectivity index (χ0) is 15.0. The third kappa shape index (κ3) is 1.68. The van der Waals surface area contributed by atoms with Crippen LogP contribution in [0.5, 0.6) is 0 Å². The van der Waals surface area contributed by atoms with Crippen LogP contribution < -0.4 is 0 Å². The molecule has 8 atom stereocenters. The third-order valence-electron chi connectivity index (χ3n) is 8.88. The fraction of sp³-hybridized carbons (Fsp3) is 0.905. The molecule has 0 N–H and O–H groups in total. The van der Waals surface area contributed by atoms with E-state index in [9.17, 15) is 0 Å². The molecule has 0 amide bonds. The van der Waals surface area contributed by atoms with Crippen LogP contribution >= 0.6 is 0 Å². The fourth-order valence-electron chi connectivity index (χ4n) is 8.23. The molecule has 0 heterocycles. The van der Waals surface area contributed by atoms with Gasteiger partial charge in [-0.1, -0.05) is 39.8 Å². The van der Waals surface area contributed by atoms with Crippen LogP contribution in [-0.2, 0) is 0 Å². The molecule has 0 heteroatoms. The van der Waals surface area contributed by atoms with Crippen LogP contribution in [0.2, 0.25) is 0 Å². The standard InChI is InChI=1S/C21H34/c1-13-10-14(2)18-8-9-21-12-17(15(3)16(21)4)6-7-19(21)20(18,5)11-13/h13-14,16-19H,3,6-12H2,1-2,4-5H3/t13?,14-,16+,17?,18?,19?,20?,21?/m1/s1. The second-order valence-corrected chi connectivity index (χ2v) is 9.73. The van der Waals surface area contributed by atoms with Crippen molar-refractivity contribution in [1.29, 1.82) is 0 Å². The van der Waals surface area contributed by atoms with Crippen LogP contribution in [0.4, 0.5) is 0 Å². The summed E-state index contributed by atoms with van der Waals surface area (Å²) in [4.78, 5) is 0. The highest BCUT2D eigenvalue weighted by molar-refractivity contribution is 5.24. The lowest BCUT2D eigenvalue weighted by Gasteiger charge is -2.63. The zero-order valence-electron chi connectivity index (χ0n) is 14.6. The van der Waals surface area contributed by atoms with Crippen molar-refractivity contribution in [2.75, 3.05) is 0 Å². The quantitative estimate of drug-likeness (QED) is 0.474. The van der Waals surface area contributed by atoms with Gasteiger partial charge in [-0.15, -0.1) is 0 Å². The highest BCUT2D eigenvalue weighted by atomic mass is 14.7. The fourth-order valence-corrected chi connectivity index (χ4v) is 8.23. The van der Waals surface area contributed by atoms with Crippen molar-refractivity contribution >= 4 is 0 Å². The highest BCUT2D eigenvalue weighted by Gasteiger charge is 2.64. The molecule has 4 rings (SSSR count).